The van der Waals surface area contributed by atoms with E-state index in [1.165, 1.54) is 31.7 Å². The topological polar surface area (TPSA) is 68.1 Å². The molecule has 0 atom stereocenters. The Labute approximate surface area is 114 Å². The predicted octanol–water partition coefficient (Wildman–Crippen LogP) is 3.74. The second-order valence-corrected chi connectivity index (χ2v) is 6.07. The predicted molar refractivity (Wildman–Crippen MR) is 73.7 cm³/mol. The summed E-state index contributed by atoms with van der Waals surface area (Å²) in [5.41, 5.74) is 0.258. The largest absolute Gasteiger partial charge is 0.364 e. The maximum atomic E-state index is 11.0. The number of nitrogens with zero attached hydrogens (tertiary/aromatic N) is 2. The van der Waals surface area contributed by atoms with Gasteiger partial charge in [-0.3, -0.25) is 10.1 Å². The van der Waals surface area contributed by atoms with Crippen LogP contribution < -0.4 is 5.32 Å². The molecule has 98 valence electrons. The van der Waals surface area contributed by atoms with Gasteiger partial charge in [0.15, 0.2) is 0 Å². The minimum atomic E-state index is -0.406. The van der Waals surface area contributed by atoms with Crippen molar-refractivity contribution in [2.75, 3.05) is 11.9 Å². The Hall–Kier alpha value is -1.17. The van der Waals surface area contributed by atoms with Crippen LogP contribution in [0.25, 0.3) is 0 Å². The minimum Gasteiger partial charge on any atom is -0.364 e. The summed E-state index contributed by atoms with van der Waals surface area (Å²) in [7, 11) is 0. The van der Waals surface area contributed by atoms with Crippen molar-refractivity contribution in [2.24, 2.45) is 5.41 Å². The summed E-state index contributed by atoms with van der Waals surface area (Å²) in [6, 6.07) is 1.48. The van der Waals surface area contributed by atoms with Gasteiger partial charge in [-0.15, -0.1) is 0 Å². The van der Waals surface area contributed by atoms with E-state index in [0.29, 0.717) is 10.3 Å². The van der Waals surface area contributed by atoms with Crippen molar-refractivity contribution in [3.05, 3.63) is 26.9 Å². The normalized spacial score (nSPS) is 17.7. The van der Waals surface area contributed by atoms with E-state index in [9.17, 15) is 10.1 Å². The SMILES string of the molecule is CC1(CNc2ncc(Br)cc2[N+](=O)[O-])CCCC1. The summed E-state index contributed by atoms with van der Waals surface area (Å²) >= 11 is 3.20. The van der Waals surface area contributed by atoms with Gasteiger partial charge in [0.25, 0.3) is 0 Å². The number of hydrogen-bond acceptors (Lipinski definition) is 4. The average molecular weight is 314 g/mol. The number of hydrogen-bond donors (Lipinski definition) is 1. The van der Waals surface area contributed by atoms with Gasteiger partial charge in [-0.1, -0.05) is 19.8 Å². The summed E-state index contributed by atoms with van der Waals surface area (Å²) in [5, 5.41) is 14.1. The van der Waals surface area contributed by atoms with Gasteiger partial charge in [0, 0.05) is 23.3 Å². The van der Waals surface area contributed by atoms with Gasteiger partial charge in [0.2, 0.25) is 5.82 Å². The van der Waals surface area contributed by atoms with Crippen LogP contribution in [0.1, 0.15) is 32.6 Å². The highest BCUT2D eigenvalue weighted by atomic mass is 79.9. The molecule has 1 N–H and O–H groups in total. The molecule has 2 rings (SSSR count). The molecule has 0 saturated heterocycles. The Bertz CT molecular complexity index is 459. The molecule has 0 radical (unpaired) electrons. The van der Waals surface area contributed by atoms with Gasteiger partial charge in [0.05, 0.1) is 4.92 Å². The Morgan fingerprint density at radius 3 is 2.83 bits per heavy atom. The molecular weight excluding hydrogens is 298 g/mol. The van der Waals surface area contributed by atoms with Crippen LogP contribution in [0.15, 0.2) is 16.7 Å². The maximum Gasteiger partial charge on any atom is 0.312 e. The van der Waals surface area contributed by atoms with Crippen molar-refractivity contribution in [1.82, 2.24) is 4.98 Å². The van der Waals surface area contributed by atoms with E-state index >= 15 is 0 Å². The molecule has 18 heavy (non-hydrogen) atoms. The van der Waals surface area contributed by atoms with Gasteiger partial charge >= 0.3 is 5.69 Å². The molecule has 1 aromatic rings. The third-order valence-corrected chi connectivity index (χ3v) is 3.96. The van der Waals surface area contributed by atoms with Gasteiger partial charge in [-0.05, 0) is 34.2 Å². The first-order chi connectivity index (χ1) is 8.50. The third-order valence-electron chi connectivity index (χ3n) is 3.52. The molecule has 1 saturated carbocycles. The molecule has 1 aromatic heterocycles. The molecule has 1 aliphatic carbocycles. The van der Waals surface area contributed by atoms with Crippen molar-refractivity contribution in [3.63, 3.8) is 0 Å². The Kier molecular flexibility index (Phi) is 3.85. The molecule has 0 unspecified atom stereocenters. The van der Waals surface area contributed by atoms with E-state index in [-0.39, 0.29) is 11.1 Å². The standard InChI is InChI=1S/C12H16BrN3O2/c1-12(4-2-3-5-12)8-15-11-10(16(17)18)6-9(13)7-14-11/h6-7H,2-5,8H2,1H3,(H,14,15). The fraction of sp³-hybridized carbons (Fsp3) is 0.583. The average Bonchev–Trinajstić information content (AvgIpc) is 2.75. The molecule has 1 heterocycles. The summed E-state index contributed by atoms with van der Waals surface area (Å²) in [5.74, 6) is 0.358. The zero-order chi connectivity index (χ0) is 13.2. The fourth-order valence-electron chi connectivity index (χ4n) is 2.41. The van der Waals surface area contributed by atoms with Crippen LogP contribution in [0.3, 0.4) is 0 Å². The van der Waals surface area contributed by atoms with Crippen LogP contribution in [0, 0.1) is 15.5 Å². The highest BCUT2D eigenvalue weighted by Gasteiger charge is 2.29. The van der Waals surface area contributed by atoms with Crippen molar-refractivity contribution < 1.29 is 4.92 Å². The third kappa shape index (κ3) is 2.98. The van der Waals surface area contributed by atoms with Crippen LogP contribution in [0.2, 0.25) is 0 Å². The lowest BCUT2D eigenvalue weighted by Gasteiger charge is -2.23. The number of rotatable bonds is 4. The second-order valence-electron chi connectivity index (χ2n) is 5.15. The van der Waals surface area contributed by atoms with Crippen molar-refractivity contribution in [2.45, 2.75) is 32.6 Å². The molecule has 1 fully saturated rings. The Morgan fingerprint density at radius 1 is 1.56 bits per heavy atom. The molecule has 0 bridgehead atoms. The van der Waals surface area contributed by atoms with Crippen LogP contribution in [-0.2, 0) is 0 Å². The summed E-state index contributed by atoms with van der Waals surface area (Å²) in [6.45, 7) is 2.96. The van der Waals surface area contributed by atoms with E-state index in [1.54, 1.807) is 6.20 Å². The van der Waals surface area contributed by atoms with E-state index < -0.39 is 4.92 Å². The summed E-state index contributed by atoms with van der Waals surface area (Å²) < 4.78 is 0.617. The molecule has 0 aromatic carbocycles. The van der Waals surface area contributed by atoms with E-state index in [4.69, 9.17) is 0 Å². The van der Waals surface area contributed by atoms with E-state index in [1.807, 2.05) is 0 Å². The van der Waals surface area contributed by atoms with Gasteiger partial charge in [0.1, 0.15) is 0 Å². The highest BCUT2D eigenvalue weighted by Crippen LogP contribution is 2.38. The van der Waals surface area contributed by atoms with Crippen LogP contribution in [-0.4, -0.2) is 16.5 Å². The number of halogens is 1. The molecule has 5 nitrogen and oxygen atoms in total. The van der Waals surface area contributed by atoms with Gasteiger partial charge in [-0.25, -0.2) is 4.98 Å². The number of nitro groups is 1. The van der Waals surface area contributed by atoms with Crippen molar-refractivity contribution in [3.8, 4) is 0 Å². The lowest BCUT2D eigenvalue weighted by molar-refractivity contribution is -0.384. The zero-order valence-electron chi connectivity index (χ0n) is 10.3. The molecule has 0 aliphatic heterocycles. The highest BCUT2D eigenvalue weighted by molar-refractivity contribution is 9.10. The van der Waals surface area contributed by atoms with E-state index in [0.717, 1.165) is 6.54 Å². The van der Waals surface area contributed by atoms with Crippen molar-refractivity contribution in [1.29, 1.82) is 0 Å². The van der Waals surface area contributed by atoms with Crippen LogP contribution in [0.5, 0.6) is 0 Å². The van der Waals surface area contributed by atoms with Gasteiger partial charge in [-0.2, -0.15) is 0 Å². The van der Waals surface area contributed by atoms with Gasteiger partial charge < -0.3 is 5.32 Å². The fourth-order valence-corrected chi connectivity index (χ4v) is 2.73. The second kappa shape index (κ2) is 5.22. The number of aromatic nitrogens is 1. The molecular formula is C12H16BrN3O2. The lowest BCUT2D eigenvalue weighted by atomic mass is 9.89. The Balaban J connectivity index is 2.11. The quantitative estimate of drug-likeness (QED) is 0.679. The first kappa shape index (κ1) is 13.3. The number of pyridine rings is 1. The first-order valence-corrected chi connectivity index (χ1v) is 6.83. The first-order valence-electron chi connectivity index (χ1n) is 6.04. The smallest absolute Gasteiger partial charge is 0.312 e. The minimum absolute atomic E-state index is 0.0194. The molecule has 6 heteroatoms. The number of nitrogens with one attached hydrogen (secondary N) is 1. The zero-order valence-corrected chi connectivity index (χ0v) is 11.9. The lowest BCUT2D eigenvalue weighted by Crippen LogP contribution is -2.23. The van der Waals surface area contributed by atoms with E-state index in [2.05, 4.69) is 33.2 Å². The Morgan fingerprint density at radius 2 is 2.22 bits per heavy atom. The molecule has 1 aliphatic rings. The van der Waals surface area contributed by atoms with Crippen LogP contribution in [0.4, 0.5) is 11.5 Å². The summed E-state index contributed by atoms with van der Waals surface area (Å²) in [4.78, 5) is 14.6. The number of anilines is 1. The molecule has 0 spiro atoms. The summed E-state index contributed by atoms with van der Waals surface area (Å²) in [6.07, 6.45) is 6.41. The van der Waals surface area contributed by atoms with Crippen molar-refractivity contribution >= 4 is 27.4 Å². The maximum absolute atomic E-state index is 11.0. The van der Waals surface area contributed by atoms with Crippen LogP contribution >= 0.6 is 15.9 Å². The molecule has 0 amide bonds. The monoisotopic (exact) mass is 313 g/mol.